The third-order valence-electron chi connectivity index (χ3n) is 5.47. The van der Waals surface area contributed by atoms with Crippen molar-refractivity contribution in [2.24, 2.45) is 0 Å². The monoisotopic (exact) mass is 464 g/mol. The Labute approximate surface area is 195 Å². The van der Waals surface area contributed by atoms with Crippen LogP contribution in [0.5, 0.6) is 5.75 Å². The van der Waals surface area contributed by atoms with E-state index in [0.29, 0.717) is 6.42 Å². The first-order valence-electron chi connectivity index (χ1n) is 11.9. The molecular weight excluding hydrogens is 429 g/mol. The van der Waals surface area contributed by atoms with Gasteiger partial charge in [0.15, 0.2) is 0 Å². The van der Waals surface area contributed by atoms with Crippen molar-refractivity contribution in [3.05, 3.63) is 54.1 Å². The molecule has 0 aromatic heterocycles. The molecule has 2 aromatic rings. The molecule has 0 saturated heterocycles. The van der Waals surface area contributed by atoms with Gasteiger partial charge in [-0.2, -0.15) is 13.2 Å². The van der Waals surface area contributed by atoms with E-state index in [1.54, 1.807) is 12.1 Å². The normalized spacial score (nSPS) is 12.5. The van der Waals surface area contributed by atoms with Gasteiger partial charge in [-0.1, -0.05) is 88.8 Å². The van der Waals surface area contributed by atoms with Crippen LogP contribution in [0.1, 0.15) is 70.8 Å². The van der Waals surface area contributed by atoms with Gasteiger partial charge in [-0.05, 0) is 48.1 Å². The van der Waals surface area contributed by atoms with E-state index in [1.165, 1.54) is 30.5 Å². The molecule has 6 heteroatoms. The molecule has 0 heterocycles. The number of carbonyl (C=O) groups excluding carboxylic acids is 1. The highest BCUT2D eigenvalue weighted by Gasteiger charge is 2.47. The predicted molar refractivity (Wildman–Crippen MR) is 125 cm³/mol. The van der Waals surface area contributed by atoms with Crippen LogP contribution in [0.4, 0.5) is 13.2 Å². The van der Waals surface area contributed by atoms with Crippen LogP contribution < -0.4 is 4.74 Å². The van der Waals surface area contributed by atoms with Gasteiger partial charge in [-0.3, -0.25) is 0 Å². The molecule has 182 valence electrons. The van der Waals surface area contributed by atoms with Crippen molar-refractivity contribution in [2.75, 3.05) is 6.61 Å². The third kappa shape index (κ3) is 9.58. The van der Waals surface area contributed by atoms with Crippen LogP contribution in [0, 0.1) is 0 Å². The van der Waals surface area contributed by atoms with Crippen molar-refractivity contribution >= 4 is 5.97 Å². The molecule has 0 N–H and O–H groups in total. The molecule has 1 unspecified atom stereocenters. The van der Waals surface area contributed by atoms with Gasteiger partial charge in [0.1, 0.15) is 5.75 Å². The van der Waals surface area contributed by atoms with E-state index in [4.69, 9.17) is 9.47 Å². The van der Waals surface area contributed by atoms with Crippen LogP contribution >= 0.6 is 0 Å². The largest absolute Gasteiger partial charge is 0.425 e. The summed E-state index contributed by atoms with van der Waals surface area (Å²) in [5.74, 6) is -1.39. The van der Waals surface area contributed by atoms with E-state index in [0.717, 1.165) is 49.7 Å². The first-order valence-corrected chi connectivity index (χ1v) is 11.9. The lowest BCUT2D eigenvalue weighted by Gasteiger charge is -2.19. The predicted octanol–water partition coefficient (Wildman–Crippen LogP) is 7.91. The molecule has 0 saturated carbocycles. The quantitative estimate of drug-likeness (QED) is 0.162. The first-order chi connectivity index (χ1) is 15.8. The Morgan fingerprint density at radius 1 is 0.788 bits per heavy atom. The minimum atomic E-state index is -4.82. The molecule has 2 aromatic carbocycles. The van der Waals surface area contributed by atoms with Gasteiger partial charge in [0.05, 0.1) is 0 Å². The molecule has 0 aliphatic rings. The van der Waals surface area contributed by atoms with Gasteiger partial charge >= 0.3 is 12.1 Å². The maximum absolute atomic E-state index is 13.3. The molecule has 33 heavy (non-hydrogen) atoms. The van der Waals surface area contributed by atoms with Gasteiger partial charge in [-0.15, -0.1) is 0 Å². The molecule has 0 spiro atoms. The van der Waals surface area contributed by atoms with Gasteiger partial charge in [0.25, 0.3) is 6.10 Å². The molecular formula is C27H35F3O3. The van der Waals surface area contributed by atoms with Crippen molar-refractivity contribution in [2.45, 2.75) is 83.9 Å². The fraction of sp³-hybridized carbons (Fsp3) is 0.519. The van der Waals surface area contributed by atoms with E-state index >= 15 is 0 Å². The van der Waals surface area contributed by atoms with Gasteiger partial charge < -0.3 is 9.47 Å². The Morgan fingerprint density at radius 3 is 1.91 bits per heavy atom. The standard InChI is InChI=1S/C27H35F3O3/c1-3-5-7-8-10-20-32-25(27(28,29)30)26(31)33-24-18-16-23(17-19-24)22-14-12-21(13-15-22)11-9-6-4-2/h12-19,25H,3-11,20H2,1-2H3. The van der Waals surface area contributed by atoms with Crippen LogP contribution in [0.15, 0.2) is 48.5 Å². The lowest BCUT2D eigenvalue weighted by Crippen LogP contribution is -2.42. The van der Waals surface area contributed by atoms with Crippen LogP contribution in [0.3, 0.4) is 0 Å². The van der Waals surface area contributed by atoms with Crippen LogP contribution in [0.25, 0.3) is 11.1 Å². The molecule has 0 bridgehead atoms. The zero-order valence-corrected chi connectivity index (χ0v) is 19.6. The third-order valence-corrected chi connectivity index (χ3v) is 5.47. The summed E-state index contributed by atoms with van der Waals surface area (Å²) in [5.41, 5.74) is 3.17. The number of benzene rings is 2. The number of unbranched alkanes of at least 4 members (excludes halogenated alkanes) is 6. The second kappa shape index (κ2) is 14.0. The summed E-state index contributed by atoms with van der Waals surface area (Å²) in [6.07, 6.45) is 1.47. The van der Waals surface area contributed by atoms with Gasteiger partial charge in [-0.25, -0.2) is 4.79 Å². The number of ether oxygens (including phenoxy) is 2. The number of rotatable bonds is 14. The van der Waals surface area contributed by atoms with E-state index in [2.05, 4.69) is 26.0 Å². The van der Waals surface area contributed by atoms with E-state index in [-0.39, 0.29) is 12.4 Å². The second-order valence-corrected chi connectivity index (χ2v) is 8.31. The Bertz CT molecular complexity index is 814. The molecule has 0 aliphatic heterocycles. The average Bonchev–Trinajstić information content (AvgIpc) is 2.79. The lowest BCUT2D eigenvalue weighted by atomic mass is 10.0. The highest BCUT2D eigenvalue weighted by Crippen LogP contribution is 2.27. The van der Waals surface area contributed by atoms with Gasteiger partial charge in [0.2, 0.25) is 0 Å². The van der Waals surface area contributed by atoms with E-state index < -0.39 is 18.2 Å². The average molecular weight is 465 g/mol. The van der Waals surface area contributed by atoms with Crippen molar-refractivity contribution in [3.63, 3.8) is 0 Å². The SMILES string of the molecule is CCCCCCCOC(C(=O)Oc1ccc(-c2ccc(CCCCC)cc2)cc1)C(F)(F)F. The summed E-state index contributed by atoms with van der Waals surface area (Å²) in [4.78, 5) is 12.2. The zero-order chi connectivity index (χ0) is 24.1. The van der Waals surface area contributed by atoms with Crippen molar-refractivity contribution in [3.8, 4) is 16.9 Å². The highest BCUT2D eigenvalue weighted by molar-refractivity contribution is 5.78. The Hall–Kier alpha value is -2.34. The number of carbonyl (C=O) groups is 1. The minimum absolute atomic E-state index is 0.0562. The molecule has 1 atom stereocenters. The summed E-state index contributed by atoms with van der Waals surface area (Å²) >= 11 is 0. The first kappa shape index (κ1) is 26.9. The smallest absolute Gasteiger partial charge is 0.424 e. The Morgan fingerprint density at radius 2 is 1.33 bits per heavy atom. The van der Waals surface area contributed by atoms with Crippen molar-refractivity contribution in [1.82, 2.24) is 0 Å². The summed E-state index contributed by atoms with van der Waals surface area (Å²) in [5, 5.41) is 0. The summed E-state index contributed by atoms with van der Waals surface area (Å²) in [7, 11) is 0. The molecule has 3 nitrogen and oxygen atoms in total. The molecule has 2 rings (SSSR count). The molecule has 0 aliphatic carbocycles. The second-order valence-electron chi connectivity index (χ2n) is 8.31. The maximum Gasteiger partial charge on any atom is 0.425 e. The Kier molecular flexibility index (Phi) is 11.4. The van der Waals surface area contributed by atoms with Gasteiger partial charge in [0, 0.05) is 6.61 Å². The summed E-state index contributed by atoms with van der Waals surface area (Å²) in [6.45, 7) is 4.11. The summed E-state index contributed by atoms with van der Waals surface area (Å²) < 4.78 is 49.7. The van der Waals surface area contributed by atoms with Crippen LogP contribution in [-0.4, -0.2) is 24.9 Å². The summed E-state index contributed by atoms with van der Waals surface area (Å²) in [6, 6.07) is 14.7. The minimum Gasteiger partial charge on any atom is -0.424 e. The topological polar surface area (TPSA) is 35.5 Å². The molecule has 0 radical (unpaired) electrons. The fourth-order valence-corrected chi connectivity index (χ4v) is 3.53. The Balaban J connectivity index is 1.92. The van der Waals surface area contributed by atoms with E-state index in [1.807, 2.05) is 12.1 Å². The van der Waals surface area contributed by atoms with Crippen LogP contribution in [0.2, 0.25) is 0 Å². The number of aryl methyl sites for hydroxylation is 1. The number of hydrogen-bond donors (Lipinski definition) is 0. The number of alkyl halides is 3. The lowest BCUT2D eigenvalue weighted by molar-refractivity contribution is -0.225. The van der Waals surface area contributed by atoms with Crippen molar-refractivity contribution in [1.29, 1.82) is 0 Å². The fourth-order valence-electron chi connectivity index (χ4n) is 3.53. The number of halogens is 3. The molecule has 0 amide bonds. The maximum atomic E-state index is 13.3. The van der Waals surface area contributed by atoms with Crippen molar-refractivity contribution < 1.29 is 27.4 Å². The van der Waals surface area contributed by atoms with E-state index in [9.17, 15) is 18.0 Å². The molecule has 0 fully saturated rings. The highest BCUT2D eigenvalue weighted by atomic mass is 19.4. The van der Waals surface area contributed by atoms with Crippen LogP contribution in [-0.2, 0) is 16.0 Å². The zero-order valence-electron chi connectivity index (χ0n) is 19.6. The number of hydrogen-bond acceptors (Lipinski definition) is 3. The number of esters is 1.